The molecule has 0 saturated carbocycles. The van der Waals surface area contributed by atoms with Crippen LogP contribution in [-0.4, -0.2) is 24.3 Å². The zero-order valence-electron chi connectivity index (χ0n) is 9.95. The normalized spacial score (nSPS) is 26.6. The van der Waals surface area contributed by atoms with E-state index in [1.807, 2.05) is 13.0 Å². The van der Waals surface area contributed by atoms with E-state index in [0.29, 0.717) is 6.42 Å². The molecule has 4 heteroatoms. The van der Waals surface area contributed by atoms with E-state index in [0.717, 1.165) is 18.4 Å². The molecule has 1 rings (SSSR count). The Morgan fingerprint density at radius 1 is 1.69 bits per heavy atom. The molecule has 1 saturated heterocycles. The molecule has 0 aromatic carbocycles. The Bertz CT molecular complexity index is 328. The number of esters is 1. The van der Waals surface area contributed by atoms with Crippen LogP contribution in [-0.2, 0) is 14.3 Å². The van der Waals surface area contributed by atoms with Gasteiger partial charge in [-0.25, -0.2) is 4.79 Å². The third-order valence-corrected chi connectivity index (χ3v) is 2.43. The van der Waals surface area contributed by atoms with Gasteiger partial charge < -0.3 is 14.6 Å². The van der Waals surface area contributed by atoms with Gasteiger partial charge in [0.2, 0.25) is 0 Å². The van der Waals surface area contributed by atoms with E-state index in [-0.39, 0.29) is 17.6 Å². The van der Waals surface area contributed by atoms with Crippen molar-refractivity contribution in [3.05, 3.63) is 23.2 Å². The summed E-state index contributed by atoms with van der Waals surface area (Å²) in [5, 5.41) is 9.52. The highest BCUT2D eigenvalue weighted by Gasteiger charge is 2.30. The van der Waals surface area contributed by atoms with Gasteiger partial charge in [-0.1, -0.05) is 19.4 Å². The zero-order chi connectivity index (χ0) is 12.1. The number of rotatable bonds is 3. The van der Waals surface area contributed by atoms with Gasteiger partial charge in [0.05, 0.1) is 7.11 Å². The summed E-state index contributed by atoms with van der Waals surface area (Å²) in [6.07, 6.45) is 4.30. The van der Waals surface area contributed by atoms with Gasteiger partial charge in [-0.05, 0) is 18.9 Å². The van der Waals surface area contributed by atoms with Crippen LogP contribution in [0.5, 0.6) is 0 Å². The topological polar surface area (TPSA) is 55.8 Å². The summed E-state index contributed by atoms with van der Waals surface area (Å²) < 4.78 is 9.75. The number of ether oxygens (including phenoxy) is 2. The number of hydrogen-bond donors (Lipinski definition) is 1. The quantitative estimate of drug-likeness (QED) is 0.456. The minimum Gasteiger partial charge on any atom is -0.480 e. The number of methoxy groups -OCH3 is 1. The van der Waals surface area contributed by atoms with Gasteiger partial charge in [0.25, 0.3) is 5.95 Å². The van der Waals surface area contributed by atoms with Crippen molar-refractivity contribution in [1.29, 1.82) is 0 Å². The summed E-state index contributed by atoms with van der Waals surface area (Å²) in [6.45, 7) is 3.89. The van der Waals surface area contributed by atoms with Gasteiger partial charge in [0, 0.05) is 6.42 Å². The molecule has 4 nitrogen and oxygen atoms in total. The smallest absolute Gasteiger partial charge is 0.345 e. The van der Waals surface area contributed by atoms with Crippen molar-refractivity contribution in [3.8, 4) is 0 Å². The maximum atomic E-state index is 11.6. The monoisotopic (exact) mass is 226 g/mol. The zero-order valence-corrected chi connectivity index (χ0v) is 9.95. The third-order valence-electron chi connectivity index (χ3n) is 2.43. The minimum atomic E-state index is -0.513. The summed E-state index contributed by atoms with van der Waals surface area (Å²) >= 11 is 0. The molecule has 1 N–H and O–H groups in total. The lowest BCUT2D eigenvalue weighted by Gasteiger charge is -2.23. The second-order valence-electron chi connectivity index (χ2n) is 3.82. The van der Waals surface area contributed by atoms with Crippen LogP contribution in [0.15, 0.2) is 23.2 Å². The Labute approximate surface area is 95.6 Å². The molecule has 0 aromatic heterocycles. The number of unbranched alkanes of at least 4 members (excludes halogenated alkanes) is 1. The van der Waals surface area contributed by atoms with E-state index in [4.69, 9.17) is 9.47 Å². The van der Waals surface area contributed by atoms with Crippen LogP contribution in [0.3, 0.4) is 0 Å². The fourth-order valence-electron chi connectivity index (χ4n) is 1.66. The molecule has 90 valence electrons. The van der Waals surface area contributed by atoms with Crippen molar-refractivity contribution < 1.29 is 19.4 Å². The van der Waals surface area contributed by atoms with E-state index in [1.165, 1.54) is 7.11 Å². The molecule has 0 aliphatic carbocycles. The van der Waals surface area contributed by atoms with Crippen LogP contribution in [0.2, 0.25) is 0 Å². The van der Waals surface area contributed by atoms with Gasteiger partial charge in [0.15, 0.2) is 0 Å². The first-order valence-electron chi connectivity index (χ1n) is 5.47. The number of cyclic esters (lactones) is 1. The molecule has 1 fully saturated rings. The first-order valence-corrected chi connectivity index (χ1v) is 5.47. The van der Waals surface area contributed by atoms with Crippen LogP contribution in [0.25, 0.3) is 0 Å². The minimum absolute atomic E-state index is 0.149. The van der Waals surface area contributed by atoms with Crippen LogP contribution in [0.1, 0.15) is 33.1 Å². The summed E-state index contributed by atoms with van der Waals surface area (Å²) in [6, 6.07) is 0. The predicted octanol–water partition coefficient (Wildman–Crippen LogP) is 2.46. The molecule has 0 radical (unpaired) electrons. The molecule has 0 bridgehead atoms. The van der Waals surface area contributed by atoms with Gasteiger partial charge in [-0.15, -0.1) is 0 Å². The molecule has 1 aliphatic heterocycles. The number of carbonyl (C=O) groups is 1. The first-order chi connectivity index (χ1) is 7.60. The van der Waals surface area contributed by atoms with Crippen LogP contribution in [0.4, 0.5) is 0 Å². The molecular weight excluding hydrogens is 208 g/mol. The second kappa shape index (κ2) is 5.58. The van der Waals surface area contributed by atoms with E-state index in [1.54, 1.807) is 0 Å². The lowest BCUT2D eigenvalue weighted by atomic mass is 9.96. The summed E-state index contributed by atoms with van der Waals surface area (Å²) in [5.41, 5.74) is 0.971. The third kappa shape index (κ3) is 2.78. The van der Waals surface area contributed by atoms with Crippen LogP contribution < -0.4 is 0 Å². The largest absolute Gasteiger partial charge is 0.480 e. The molecule has 1 unspecified atom stereocenters. The Hall–Kier alpha value is -1.45. The van der Waals surface area contributed by atoms with E-state index >= 15 is 0 Å². The summed E-state index contributed by atoms with van der Waals surface area (Å²) in [5.74, 6) is -0.875. The Morgan fingerprint density at radius 2 is 2.38 bits per heavy atom. The highest BCUT2D eigenvalue weighted by molar-refractivity contribution is 5.94. The average molecular weight is 226 g/mol. The Kier molecular flexibility index (Phi) is 4.40. The van der Waals surface area contributed by atoms with Gasteiger partial charge >= 0.3 is 5.97 Å². The van der Waals surface area contributed by atoms with Gasteiger partial charge in [-0.2, -0.15) is 0 Å². The Balaban J connectivity index is 3.04. The molecule has 16 heavy (non-hydrogen) atoms. The van der Waals surface area contributed by atoms with E-state index < -0.39 is 5.97 Å². The highest BCUT2D eigenvalue weighted by atomic mass is 16.6. The van der Waals surface area contributed by atoms with Crippen molar-refractivity contribution in [2.75, 3.05) is 7.11 Å². The maximum Gasteiger partial charge on any atom is 0.345 e. The summed E-state index contributed by atoms with van der Waals surface area (Å²) in [7, 11) is 1.32. The lowest BCUT2D eigenvalue weighted by molar-refractivity contribution is -0.145. The highest BCUT2D eigenvalue weighted by Crippen LogP contribution is 2.28. The van der Waals surface area contributed by atoms with Crippen molar-refractivity contribution in [3.63, 3.8) is 0 Å². The second-order valence-corrected chi connectivity index (χ2v) is 3.82. The fourth-order valence-corrected chi connectivity index (χ4v) is 1.66. The SMILES string of the molecule is CCCC=C1CC(C)OC(=O)/C1=C(/O)OC. The molecule has 0 spiro atoms. The molecule has 0 aromatic rings. The number of allylic oxidation sites excluding steroid dienone is 1. The standard InChI is InChI=1S/C12H18O4/c1-4-5-6-9-7-8(2)16-12(14)10(9)11(13)15-3/h6,8,13H,4-5,7H2,1-3H3/b9-6?,11-10-. The molecule has 1 atom stereocenters. The molecule has 0 amide bonds. The first kappa shape index (κ1) is 12.6. The predicted molar refractivity (Wildman–Crippen MR) is 59.8 cm³/mol. The maximum absolute atomic E-state index is 11.6. The molecule has 1 heterocycles. The van der Waals surface area contributed by atoms with Gasteiger partial charge in [0.1, 0.15) is 11.7 Å². The number of hydrogen-bond acceptors (Lipinski definition) is 4. The lowest BCUT2D eigenvalue weighted by Crippen LogP contribution is -2.26. The number of aliphatic hydroxyl groups excluding tert-OH is 1. The van der Waals surface area contributed by atoms with Crippen LogP contribution >= 0.6 is 0 Å². The summed E-state index contributed by atoms with van der Waals surface area (Å²) in [4.78, 5) is 11.6. The number of carbonyl (C=O) groups excluding carboxylic acids is 1. The van der Waals surface area contributed by atoms with Gasteiger partial charge in [-0.3, -0.25) is 0 Å². The van der Waals surface area contributed by atoms with Crippen LogP contribution in [0, 0.1) is 0 Å². The number of aliphatic hydroxyl groups is 1. The van der Waals surface area contributed by atoms with Crippen molar-refractivity contribution in [2.24, 2.45) is 0 Å². The van der Waals surface area contributed by atoms with E-state index in [9.17, 15) is 9.90 Å². The van der Waals surface area contributed by atoms with Crippen molar-refractivity contribution in [1.82, 2.24) is 0 Å². The fraction of sp³-hybridized carbons (Fsp3) is 0.583. The van der Waals surface area contributed by atoms with Crippen molar-refractivity contribution in [2.45, 2.75) is 39.2 Å². The molecule has 1 aliphatic rings. The van der Waals surface area contributed by atoms with E-state index in [2.05, 4.69) is 6.92 Å². The molecular formula is C12H18O4. The average Bonchev–Trinajstić information content (AvgIpc) is 2.24. The Morgan fingerprint density at radius 3 is 2.94 bits per heavy atom. The van der Waals surface area contributed by atoms with Crippen molar-refractivity contribution >= 4 is 5.97 Å².